The second kappa shape index (κ2) is 6.81. The summed E-state index contributed by atoms with van der Waals surface area (Å²) in [6.07, 6.45) is 2.55. The van der Waals surface area contributed by atoms with Gasteiger partial charge >= 0.3 is 4.87 Å². The van der Waals surface area contributed by atoms with Crippen LogP contribution >= 0.6 is 11.3 Å². The average Bonchev–Trinajstić information content (AvgIpc) is 3.11. The van der Waals surface area contributed by atoms with Crippen molar-refractivity contribution in [1.29, 1.82) is 0 Å². The molecule has 126 valence electrons. The second-order valence-corrected chi connectivity index (χ2v) is 6.41. The Hall–Kier alpha value is -1.71. The van der Waals surface area contributed by atoms with E-state index in [9.17, 15) is 9.90 Å². The molecule has 9 heteroatoms. The molecule has 8 nitrogen and oxygen atoms in total. The summed E-state index contributed by atoms with van der Waals surface area (Å²) in [7, 11) is 0. The summed E-state index contributed by atoms with van der Waals surface area (Å²) in [5.41, 5.74) is 6.20. The minimum atomic E-state index is -0.439. The first-order valence-corrected chi connectivity index (χ1v) is 8.53. The lowest BCUT2D eigenvalue weighted by Gasteiger charge is -2.13. The lowest BCUT2D eigenvalue weighted by atomic mass is 10.2. The predicted molar refractivity (Wildman–Crippen MR) is 86.7 cm³/mol. The van der Waals surface area contributed by atoms with Gasteiger partial charge in [-0.3, -0.25) is 9.36 Å². The van der Waals surface area contributed by atoms with Gasteiger partial charge in [-0.2, -0.15) is 9.97 Å². The number of nitrogen functional groups attached to an aromatic ring is 1. The summed E-state index contributed by atoms with van der Waals surface area (Å²) in [5.74, 6) is 0.408. The maximum atomic E-state index is 12.4. The first-order chi connectivity index (χ1) is 11.1. The zero-order chi connectivity index (χ0) is 16.4. The number of nitrogens with two attached hydrogens (primary N) is 1. The van der Waals surface area contributed by atoms with Gasteiger partial charge in [0, 0.05) is 0 Å². The zero-order valence-electron chi connectivity index (χ0n) is 12.9. The molecular weight excluding hydrogens is 320 g/mol. The summed E-state index contributed by atoms with van der Waals surface area (Å²) >= 11 is 1.03. The van der Waals surface area contributed by atoms with Gasteiger partial charge in [-0.15, -0.1) is 0 Å². The van der Waals surface area contributed by atoms with E-state index in [2.05, 4.69) is 16.9 Å². The number of ether oxygens (including phenoxy) is 2. The van der Waals surface area contributed by atoms with E-state index in [4.69, 9.17) is 15.2 Å². The van der Waals surface area contributed by atoms with E-state index in [1.807, 2.05) is 0 Å². The van der Waals surface area contributed by atoms with Crippen LogP contribution in [0.5, 0.6) is 5.88 Å². The van der Waals surface area contributed by atoms with Crippen molar-refractivity contribution >= 4 is 27.6 Å². The Morgan fingerprint density at radius 3 is 3.00 bits per heavy atom. The fourth-order valence-electron chi connectivity index (χ4n) is 2.59. The van der Waals surface area contributed by atoms with E-state index in [1.54, 1.807) is 0 Å². The van der Waals surface area contributed by atoms with E-state index in [-0.39, 0.29) is 23.5 Å². The van der Waals surface area contributed by atoms with Crippen molar-refractivity contribution in [1.82, 2.24) is 14.5 Å². The van der Waals surface area contributed by atoms with Crippen molar-refractivity contribution in [3.05, 3.63) is 9.67 Å². The summed E-state index contributed by atoms with van der Waals surface area (Å²) in [5, 5.41) is 9.20. The highest BCUT2D eigenvalue weighted by molar-refractivity contribution is 7.16. The molecule has 3 heterocycles. The Balaban J connectivity index is 1.99. The van der Waals surface area contributed by atoms with Crippen LogP contribution in [0.3, 0.4) is 0 Å². The van der Waals surface area contributed by atoms with Crippen LogP contribution in [-0.2, 0) is 4.74 Å². The molecule has 0 saturated carbocycles. The molecule has 23 heavy (non-hydrogen) atoms. The first-order valence-electron chi connectivity index (χ1n) is 7.71. The molecule has 2 atom stereocenters. The van der Waals surface area contributed by atoms with E-state index >= 15 is 0 Å². The fourth-order valence-corrected chi connectivity index (χ4v) is 3.49. The maximum Gasteiger partial charge on any atom is 0.311 e. The van der Waals surface area contributed by atoms with Crippen molar-refractivity contribution in [2.75, 3.05) is 18.9 Å². The van der Waals surface area contributed by atoms with Crippen molar-refractivity contribution < 1.29 is 14.6 Å². The maximum absolute atomic E-state index is 12.4. The normalized spacial score (nSPS) is 21.1. The number of hydrogen-bond donors (Lipinski definition) is 2. The van der Waals surface area contributed by atoms with Gasteiger partial charge in [-0.1, -0.05) is 24.7 Å². The molecule has 0 radical (unpaired) electrons. The molecule has 2 aromatic heterocycles. The van der Waals surface area contributed by atoms with Crippen LogP contribution in [0.25, 0.3) is 10.3 Å². The highest BCUT2D eigenvalue weighted by atomic mass is 32.1. The summed E-state index contributed by atoms with van der Waals surface area (Å²) < 4.78 is 13.4. The van der Waals surface area contributed by atoms with Crippen LogP contribution in [-0.4, -0.2) is 39.0 Å². The molecular formula is C14H20N4O4S. The van der Waals surface area contributed by atoms with Crippen molar-refractivity contribution in [2.45, 2.75) is 44.9 Å². The largest absolute Gasteiger partial charge is 0.476 e. The lowest BCUT2D eigenvalue weighted by molar-refractivity contribution is -0.0214. The molecule has 0 bridgehead atoms. The summed E-state index contributed by atoms with van der Waals surface area (Å²) in [4.78, 5) is 20.5. The van der Waals surface area contributed by atoms with Crippen LogP contribution in [0, 0.1) is 0 Å². The van der Waals surface area contributed by atoms with Crippen LogP contribution in [0.15, 0.2) is 4.79 Å². The Kier molecular flexibility index (Phi) is 4.79. The molecule has 0 aliphatic carbocycles. The quantitative estimate of drug-likeness (QED) is 0.762. The van der Waals surface area contributed by atoms with Crippen molar-refractivity contribution in [2.24, 2.45) is 0 Å². The minimum Gasteiger partial charge on any atom is -0.476 e. The Labute approximate surface area is 136 Å². The van der Waals surface area contributed by atoms with Gasteiger partial charge in [-0.05, 0) is 19.3 Å². The molecule has 1 fully saturated rings. The molecule has 0 amide bonds. The van der Waals surface area contributed by atoms with E-state index in [0.717, 1.165) is 24.2 Å². The minimum absolute atomic E-state index is 0.0597. The number of thiazole rings is 1. The van der Waals surface area contributed by atoms with Crippen molar-refractivity contribution in [3.8, 4) is 5.88 Å². The Morgan fingerprint density at radius 1 is 1.48 bits per heavy atom. The number of nitrogens with zero attached hydrogens (tertiary/aromatic N) is 3. The molecule has 1 aliphatic rings. The zero-order valence-corrected chi connectivity index (χ0v) is 13.7. The van der Waals surface area contributed by atoms with Crippen LogP contribution in [0.4, 0.5) is 5.95 Å². The average molecular weight is 340 g/mol. The number of aliphatic hydroxyl groups is 1. The third kappa shape index (κ3) is 3.17. The number of aromatic nitrogens is 3. The molecule has 0 aromatic carbocycles. The SMILES string of the molecule is CCCCOc1nc(N)nc2c1sc(=O)n2[C@H]1CC[C@@H](CO)O1. The molecule has 0 spiro atoms. The van der Waals surface area contributed by atoms with E-state index < -0.39 is 6.23 Å². The van der Waals surface area contributed by atoms with Gasteiger partial charge in [0.25, 0.3) is 0 Å². The fraction of sp³-hybridized carbons (Fsp3) is 0.643. The Morgan fingerprint density at radius 2 is 2.30 bits per heavy atom. The van der Waals surface area contributed by atoms with Crippen LogP contribution in [0.1, 0.15) is 38.8 Å². The third-order valence-electron chi connectivity index (χ3n) is 3.76. The molecule has 3 N–H and O–H groups in total. The first kappa shape index (κ1) is 16.2. The topological polar surface area (TPSA) is 112 Å². The number of fused-ring (bicyclic) bond motifs is 1. The molecule has 1 saturated heterocycles. The molecule has 2 aromatic rings. The molecule has 0 unspecified atom stereocenters. The number of aliphatic hydroxyl groups excluding tert-OH is 1. The number of hydrogen-bond acceptors (Lipinski definition) is 8. The van der Waals surface area contributed by atoms with Crippen LogP contribution in [0.2, 0.25) is 0 Å². The van der Waals surface area contributed by atoms with E-state index in [0.29, 0.717) is 35.7 Å². The smallest absolute Gasteiger partial charge is 0.311 e. The highest BCUT2D eigenvalue weighted by Gasteiger charge is 2.30. The monoisotopic (exact) mass is 340 g/mol. The molecule has 3 rings (SSSR count). The van der Waals surface area contributed by atoms with Gasteiger partial charge in [0.15, 0.2) is 5.65 Å². The lowest BCUT2D eigenvalue weighted by Crippen LogP contribution is -2.21. The predicted octanol–water partition coefficient (Wildman–Crippen LogP) is 1.28. The summed E-state index contributed by atoms with van der Waals surface area (Å²) in [6, 6.07) is 0. The van der Waals surface area contributed by atoms with Gasteiger partial charge in [0.05, 0.1) is 19.3 Å². The third-order valence-corrected chi connectivity index (χ3v) is 4.69. The van der Waals surface area contributed by atoms with Gasteiger partial charge in [0.1, 0.15) is 10.9 Å². The van der Waals surface area contributed by atoms with E-state index in [1.165, 1.54) is 4.57 Å². The van der Waals surface area contributed by atoms with Gasteiger partial charge in [0.2, 0.25) is 11.8 Å². The number of rotatable bonds is 6. The van der Waals surface area contributed by atoms with Gasteiger partial charge in [-0.25, -0.2) is 0 Å². The number of unbranched alkanes of at least 4 members (excludes halogenated alkanes) is 1. The highest BCUT2D eigenvalue weighted by Crippen LogP contribution is 2.33. The number of anilines is 1. The van der Waals surface area contributed by atoms with Crippen LogP contribution < -0.4 is 15.3 Å². The molecule has 1 aliphatic heterocycles. The van der Waals surface area contributed by atoms with Crippen molar-refractivity contribution in [3.63, 3.8) is 0 Å². The second-order valence-electron chi connectivity index (χ2n) is 5.45. The standard InChI is InChI=1S/C14H20N4O4S/c1-2-3-6-21-12-10-11(16-13(15)17-12)18(14(20)23-10)9-5-4-8(7-19)22-9/h8-9,19H,2-7H2,1H3,(H2,15,16,17)/t8-,9+/m0/s1. The van der Waals surface area contributed by atoms with Gasteiger partial charge < -0.3 is 20.3 Å². The summed E-state index contributed by atoms with van der Waals surface area (Å²) in [6.45, 7) is 2.52. The Bertz CT molecular complexity index is 744.